The average molecular weight is 213 g/mol. The second-order valence-corrected chi connectivity index (χ2v) is 2.68. The van der Waals surface area contributed by atoms with E-state index in [0.717, 1.165) is 0 Å². The number of benzene rings is 1. The Bertz CT molecular complexity index is 360. The Kier molecular flexibility index (Phi) is 3.79. The molecule has 1 aromatic rings. The maximum atomic E-state index is 11.8. The number of primary amides is 1. The van der Waals surface area contributed by atoms with Crippen LogP contribution in [0.3, 0.4) is 0 Å². The first kappa shape index (κ1) is 11.2. The number of carbonyl (C=O) groups excluding carboxylic acids is 1. The van der Waals surface area contributed by atoms with E-state index in [4.69, 9.17) is 5.73 Å². The van der Waals surface area contributed by atoms with Crippen molar-refractivity contribution in [1.29, 1.82) is 0 Å². The number of halogens is 2. The molecular weight excluding hydrogens is 204 g/mol. The molecule has 80 valence electrons. The molecule has 0 aromatic heterocycles. The summed E-state index contributed by atoms with van der Waals surface area (Å²) >= 11 is 0. The molecule has 0 aliphatic heterocycles. The molecule has 5 heteroatoms. The van der Waals surface area contributed by atoms with Gasteiger partial charge in [-0.05, 0) is 23.8 Å². The lowest BCUT2D eigenvalue weighted by molar-refractivity contribution is -0.113. The third-order valence-corrected chi connectivity index (χ3v) is 1.55. The van der Waals surface area contributed by atoms with Crippen molar-refractivity contribution < 1.29 is 18.3 Å². The lowest BCUT2D eigenvalue weighted by atomic mass is 10.2. The van der Waals surface area contributed by atoms with Crippen LogP contribution in [0, 0.1) is 0 Å². The molecule has 2 N–H and O–H groups in total. The van der Waals surface area contributed by atoms with E-state index in [9.17, 15) is 13.6 Å². The van der Waals surface area contributed by atoms with Crippen LogP contribution in [0.2, 0.25) is 0 Å². The zero-order valence-corrected chi connectivity index (χ0v) is 7.69. The monoisotopic (exact) mass is 213 g/mol. The minimum Gasteiger partial charge on any atom is -0.435 e. The molecular formula is C10H9F2NO2. The van der Waals surface area contributed by atoms with Crippen LogP contribution in [0.15, 0.2) is 30.3 Å². The van der Waals surface area contributed by atoms with Crippen molar-refractivity contribution in [2.45, 2.75) is 6.61 Å². The van der Waals surface area contributed by atoms with Gasteiger partial charge in [-0.2, -0.15) is 8.78 Å². The van der Waals surface area contributed by atoms with E-state index in [0.29, 0.717) is 5.56 Å². The average Bonchev–Trinajstić information content (AvgIpc) is 2.16. The third-order valence-electron chi connectivity index (χ3n) is 1.55. The highest BCUT2D eigenvalue weighted by Gasteiger charge is 2.02. The van der Waals surface area contributed by atoms with Crippen molar-refractivity contribution in [3.63, 3.8) is 0 Å². The third kappa shape index (κ3) is 4.21. The van der Waals surface area contributed by atoms with Crippen molar-refractivity contribution in [1.82, 2.24) is 0 Å². The van der Waals surface area contributed by atoms with Crippen molar-refractivity contribution >= 4 is 12.0 Å². The van der Waals surface area contributed by atoms with Crippen molar-refractivity contribution in [2.75, 3.05) is 0 Å². The second kappa shape index (κ2) is 5.09. The van der Waals surface area contributed by atoms with Gasteiger partial charge in [-0.3, -0.25) is 4.79 Å². The first-order valence-corrected chi connectivity index (χ1v) is 4.10. The standard InChI is InChI=1S/C10H9F2NO2/c11-10(12)15-8-4-1-7(2-5-8)3-6-9(13)14/h1-6,10H,(H2,13,14). The number of alkyl halides is 2. The van der Waals surface area contributed by atoms with E-state index in [1.165, 1.54) is 36.4 Å². The predicted octanol–water partition coefficient (Wildman–Crippen LogP) is 1.79. The van der Waals surface area contributed by atoms with E-state index < -0.39 is 12.5 Å². The molecule has 3 nitrogen and oxygen atoms in total. The van der Waals surface area contributed by atoms with E-state index in [-0.39, 0.29) is 5.75 Å². The van der Waals surface area contributed by atoms with Crippen molar-refractivity contribution in [3.8, 4) is 5.75 Å². The lowest BCUT2D eigenvalue weighted by Crippen LogP contribution is -2.05. The van der Waals surface area contributed by atoms with E-state index in [1.807, 2.05) is 0 Å². The van der Waals surface area contributed by atoms with Crippen LogP contribution in [0.1, 0.15) is 5.56 Å². The fraction of sp³-hybridized carbons (Fsp3) is 0.100. The van der Waals surface area contributed by atoms with Gasteiger partial charge in [0.15, 0.2) is 0 Å². The van der Waals surface area contributed by atoms with Gasteiger partial charge in [-0.15, -0.1) is 0 Å². The van der Waals surface area contributed by atoms with E-state index in [1.54, 1.807) is 0 Å². The summed E-state index contributed by atoms with van der Waals surface area (Å²) in [5, 5.41) is 0. The largest absolute Gasteiger partial charge is 0.435 e. The number of rotatable bonds is 4. The summed E-state index contributed by atoms with van der Waals surface area (Å²) in [5.41, 5.74) is 5.56. The fourth-order valence-corrected chi connectivity index (χ4v) is 0.939. The zero-order valence-electron chi connectivity index (χ0n) is 7.69. The molecule has 1 rings (SSSR count). The van der Waals surface area contributed by atoms with Gasteiger partial charge in [0.1, 0.15) is 5.75 Å². The molecule has 1 aromatic carbocycles. The molecule has 0 aliphatic rings. The van der Waals surface area contributed by atoms with Crippen LogP contribution in [-0.4, -0.2) is 12.5 Å². The Morgan fingerprint density at radius 1 is 1.33 bits per heavy atom. The highest BCUT2D eigenvalue weighted by Crippen LogP contribution is 2.15. The Balaban J connectivity index is 2.68. The quantitative estimate of drug-likeness (QED) is 0.775. The van der Waals surface area contributed by atoms with Gasteiger partial charge < -0.3 is 10.5 Å². The molecule has 0 saturated carbocycles. The highest BCUT2D eigenvalue weighted by atomic mass is 19.3. The molecule has 0 radical (unpaired) electrons. The van der Waals surface area contributed by atoms with Crippen molar-refractivity contribution in [2.24, 2.45) is 5.73 Å². The molecule has 0 aliphatic carbocycles. The molecule has 0 spiro atoms. The zero-order chi connectivity index (χ0) is 11.3. The number of amides is 1. The second-order valence-electron chi connectivity index (χ2n) is 2.68. The molecule has 0 atom stereocenters. The van der Waals surface area contributed by atoms with Gasteiger partial charge in [0.25, 0.3) is 0 Å². The van der Waals surface area contributed by atoms with Gasteiger partial charge >= 0.3 is 6.61 Å². The summed E-state index contributed by atoms with van der Waals surface area (Å²) in [6, 6.07) is 5.84. The van der Waals surface area contributed by atoms with Crippen LogP contribution >= 0.6 is 0 Å². The molecule has 0 bridgehead atoms. The normalized spacial score (nSPS) is 10.9. The first-order valence-electron chi connectivity index (χ1n) is 4.10. The SMILES string of the molecule is NC(=O)C=Cc1ccc(OC(F)F)cc1. The van der Waals surface area contributed by atoms with Crippen LogP contribution in [0.4, 0.5) is 8.78 Å². The van der Waals surface area contributed by atoms with Crippen LogP contribution < -0.4 is 10.5 Å². The topological polar surface area (TPSA) is 52.3 Å². The Morgan fingerprint density at radius 2 is 1.93 bits per heavy atom. The van der Waals surface area contributed by atoms with E-state index >= 15 is 0 Å². The predicted molar refractivity (Wildman–Crippen MR) is 51.3 cm³/mol. The van der Waals surface area contributed by atoms with Crippen LogP contribution in [0.25, 0.3) is 6.08 Å². The Morgan fingerprint density at radius 3 is 2.40 bits per heavy atom. The summed E-state index contributed by atoms with van der Waals surface area (Å²) in [7, 11) is 0. The number of nitrogens with two attached hydrogens (primary N) is 1. The summed E-state index contributed by atoms with van der Waals surface area (Å²) in [4.78, 5) is 10.4. The van der Waals surface area contributed by atoms with Crippen LogP contribution in [0.5, 0.6) is 5.75 Å². The van der Waals surface area contributed by atoms with Gasteiger partial charge in [0.05, 0.1) is 0 Å². The summed E-state index contributed by atoms with van der Waals surface area (Å²) < 4.78 is 27.7. The van der Waals surface area contributed by atoms with Crippen molar-refractivity contribution in [3.05, 3.63) is 35.9 Å². The molecule has 0 fully saturated rings. The Labute approximate surface area is 85.1 Å². The molecule has 0 heterocycles. The number of hydrogen-bond donors (Lipinski definition) is 1. The summed E-state index contributed by atoms with van der Waals surface area (Å²) in [5.74, 6) is -0.496. The smallest absolute Gasteiger partial charge is 0.387 e. The van der Waals surface area contributed by atoms with Gasteiger partial charge in [-0.25, -0.2) is 0 Å². The maximum absolute atomic E-state index is 11.8. The number of carbonyl (C=O) groups is 1. The lowest BCUT2D eigenvalue weighted by Gasteiger charge is -2.03. The molecule has 15 heavy (non-hydrogen) atoms. The van der Waals surface area contributed by atoms with Gasteiger partial charge in [0, 0.05) is 6.08 Å². The summed E-state index contributed by atoms with van der Waals surface area (Å²) in [6.45, 7) is -2.84. The summed E-state index contributed by atoms with van der Waals surface area (Å²) in [6.07, 6.45) is 2.66. The minimum absolute atomic E-state index is 0.0706. The maximum Gasteiger partial charge on any atom is 0.387 e. The van der Waals surface area contributed by atoms with Gasteiger partial charge in [-0.1, -0.05) is 12.1 Å². The molecule has 1 amide bonds. The minimum atomic E-state index is -2.84. The fourth-order valence-electron chi connectivity index (χ4n) is 0.939. The molecule has 0 unspecified atom stereocenters. The van der Waals surface area contributed by atoms with Gasteiger partial charge in [0.2, 0.25) is 5.91 Å². The first-order chi connectivity index (χ1) is 7.08. The van der Waals surface area contributed by atoms with E-state index in [2.05, 4.69) is 4.74 Å². The molecule has 0 saturated heterocycles. The van der Waals surface area contributed by atoms with Crippen LogP contribution in [-0.2, 0) is 4.79 Å². The number of hydrogen-bond acceptors (Lipinski definition) is 2. The number of ether oxygens (including phenoxy) is 1. The Hall–Kier alpha value is -1.91. The highest BCUT2D eigenvalue weighted by molar-refractivity contribution is 5.90.